The Hall–Kier alpha value is -1.96. The van der Waals surface area contributed by atoms with Crippen LogP contribution in [0.1, 0.15) is 26.2 Å². The molecular formula is C17H20F3NO4. The van der Waals surface area contributed by atoms with Crippen LogP contribution in [-0.4, -0.2) is 35.9 Å². The molecule has 138 valence electrons. The number of nitrogens with one attached hydrogen (secondary N) is 1. The molecule has 1 aromatic rings. The minimum Gasteiger partial charge on any atom is -0.486 e. The zero-order valence-electron chi connectivity index (χ0n) is 13.6. The fourth-order valence-electron chi connectivity index (χ4n) is 3.08. The zero-order valence-corrected chi connectivity index (χ0v) is 13.6. The van der Waals surface area contributed by atoms with Crippen LogP contribution < -0.4 is 14.8 Å². The molecule has 2 fully saturated rings. The number of amides is 1. The molecule has 0 bridgehead atoms. The van der Waals surface area contributed by atoms with Gasteiger partial charge in [0.05, 0.1) is 6.10 Å². The number of benzene rings is 1. The Morgan fingerprint density at radius 3 is 2.60 bits per heavy atom. The first-order valence-electron chi connectivity index (χ1n) is 8.23. The lowest BCUT2D eigenvalue weighted by atomic mass is 9.76. The Bertz CT molecular complexity index is 636. The minimum atomic E-state index is -3.03. The molecule has 0 radical (unpaired) electrons. The highest BCUT2D eigenvalue weighted by molar-refractivity contribution is 5.80. The summed E-state index contributed by atoms with van der Waals surface area (Å²) in [6.07, 6.45) is 0.656. The third kappa shape index (κ3) is 4.00. The molecule has 1 amide bonds. The largest absolute Gasteiger partial charge is 0.486 e. The van der Waals surface area contributed by atoms with Crippen LogP contribution in [0.5, 0.6) is 11.5 Å². The molecule has 2 N–H and O–H groups in total. The molecule has 0 spiro atoms. The first-order valence-corrected chi connectivity index (χ1v) is 8.23. The van der Waals surface area contributed by atoms with E-state index in [0.717, 1.165) is 18.2 Å². The minimum absolute atomic E-state index is 0.0169. The SMILES string of the molecule is CC1[C@@H](NC(=O)[C@H]2C[C@H](Oc3cc(F)ccc3OC(F)F)C2)C[C@@H]1O. The number of alkyl halides is 2. The average Bonchev–Trinajstić information content (AvgIpc) is 2.51. The molecule has 0 aliphatic heterocycles. The van der Waals surface area contributed by atoms with E-state index < -0.39 is 12.4 Å². The summed E-state index contributed by atoms with van der Waals surface area (Å²) in [5.74, 6) is -1.25. The maximum atomic E-state index is 13.3. The van der Waals surface area contributed by atoms with E-state index in [2.05, 4.69) is 10.1 Å². The van der Waals surface area contributed by atoms with Gasteiger partial charge in [0.25, 0.3) is 0 Å². The van der Waals surface area contributed by atoms with Crippen LogP contribution in [0.4, 0.5) is 13.2 Å². The number of hydrogen-bond donors (Lipinski definition) is 2. The number of ether oxygens (including phenoxy) is 2. The molecule has 3 atom stereocenters. The van der Waals surface area contributed by atoms with Crippen molar-refractivity contribution in [3.8, 4) is 11.5 Å². The van der Waals surface area contributed by atoms with Crippen LogP contribution in [0.3, 0.4) is 0 Å². The number of aliphatic hydroxyl groups is 1. The molecule has 0 heterocycles. The molecule has 0 saturated heterocycles. The standard InChI is InChI=1S/C17H20F3NO4/c1-8-12(7-13(8)22)21-16(23)9-4-11(5-9)24-15-6-10(18)2-3-14(15)25-17(19)20/h2-3,6,8-9,11-13,17,22H,4-5,7H2,1H3,(H,21,23)/t8?,9-,11-,12-,13-/m0/s1. The Labute approximate surface area is 143 Å². The summed E-state index contributed by atoms with van der Waals surface area (Å²) in [5.41, 5.74) is 0. The van der Waals surface area contributed by atoms with E-state index in [4.69, 9.17) is 4.74 Å². The van der Waals surface area contributed by atoms with Gasteiger partial charge in [0.15, 0.2) is 11.5 Å². The third-order valence-corrected chi connectivity index (χ3v) is 4.95. The molecule has 25 heavy (non-hydrogen) atoms. The van der Waals surface area contributed by atoms with Gasteiger partial charge in [-0.3, -0.25) is 4.79 Å². The lowest BCUT2D eigenvalue weighted by Gasteiger charge is -2.42. The van der Waals surface area contributed by atoms with Crippen molar-refractivity contribution < 1.29 is 32.5 Å². The van der Waals surface area contributed by atoms with Gasteiger partial charge in [-0.05, 0) is 31.4 Å². The van der Waals surface area contributed by atoms with E-state index in [9.17, 15) is 23.1 Å². The number of hydrogen-bond acceptors (Lipinski definition) is 4. The summed E-state index contributed by atoms with van der Waals surface area (Å²) in [4.78, 5) is 12.1. The van der Waals surface area contributed by atoms with Gasteiger partial charge in [0.1, 0.15) is 11.9 Å². The van der Waals surface area contributed by atoms with Gasteiger partial charge < -0.3 is 19.9 Å². The Kier molecular flexibility index (Phi) is 5.08. The van der Waals surface area contributed by atoms with Gasteiger partial charge in [-0.2, -0.15) is 8.78 Å². The molecule has 2 aliphatic carbocycles. The monoisotopic (exact) mass is 359 g/mol. The van der Waals surface area contributed by atoms with Crippen molar-refractivity contribution in [1.29, 1.82) is 0 Å². The van der Waals surface area contributed by atoms with Crippen molar-refractivity contribution in [1.82, 2.24) is 5.32 Å². The fraction of sp³-hybridized carbons (Fsp3) is 0.588. The normalized spacial score (nSPS) is 31.0. The first-order chi connectivity index (χ1) is 11.8. The Morgan fingerprint density at radius 1 is 1.28 bits per heavy atom. The molecule has 3 rings (SSSR count). The van der Waals surface area contributed by atoms with Crippen molar-refractivity contribution in [2.24, 2.45) is 11.8 Å². The van der Waals surface area contributed by atoms with Gasteiger partial charge in [-0.1, -0.05) is 6.92 Å². The molecule has 2 aliphatic rings. The summed E-state index contributed by atoms with van der Waals surface area (Å²) in [5, 5.41) is 12.4. The van der Waals surface area contributed by atoms with Crippen molar-refractivity contribution in [2.45, 2.75) is 51.0 Å². The van der Waals surface area contributed by atoms with Crippen molar-refractivity contribution >= 4 is 5.91 Å². The van der Waals surface area contributed by atoms with E-state index >= 15 is 0 Å². The van der Waals surface area contributed by atoms with Crippen LogP contribution >= 0.6 is 0 Å². The molecule has 2 saturated carbocycles. The summed E-state index contributed by atoms with van der Waals surface area (Å²) < 4.78 is 47.9. The Balaban J connectivity index is 1.50. The van der Waals surface area contributed by atoms with Gasteiger partial charge in [0.2, 0.25) is 5.91 Å². The molecule has 1 aromatic carbocycles. The van der Waals surface area contributed by atoms with E-state index in [-0.39, 0.29) is 47.5 Å². The van der Waals surface area contributed by atoms with Gasteiger partial charge in [0, 0.05) is 23.9 Å². The van der Waals surface area contributed by atoms with Gasteiger partial charge in [-0.25, -0.2) is 4.39 Å². The summed E-state index contributed by atoms with van der Waals surface area (Å²) in [6.45, 7) is -1.16. The van der Waals surface area contributed by atoms with Crippen LogP contribution in [0, 0.1) is 17.7 Å². The van der Waals surface area contributed by atoms with Crippen molar-refractivity contribution in [2.75, 3.05) is 0 Å². The second kappa shape index (κ2) is 7.11. The average molecular weight is 359 g/mol. The topological polar surface area (TPSA) is 67.8 Å². The number of carbonyl (C=O) groups is 1. The third-order valence-electron chi connectivity index (χ3n) is 4.95. The zero-order chi connectivity index (χ0) is 18.1. The van der Waals surface area contributed by atoms with Crippen LogP contribution in [-0.2, 0) is 4.79 Å². The van der Waals surface area contributed by atoms with Crippen molar-refractivity contribution in [3.63, 3.8) is 0 Å². The predicted octanol–water partition coefficient (Wildman–Crippen LogP) is 2.47. The number of halogens is 3. The van der Waals surface area contributed by atoms with E-state index in [1.54, 1.807) is 0 Å². The number of aliphatic hydroxyl groups excluding tert-OH is 1. The number of rotatable bonds is 6. The van der Waals surface area contributed by atoms with Crippen LogP contribution in [0.15, 0.2) is 18.2 Å². The lowest BCUT2D eigenvalue weighted by Crippen LogP contribution is -2.56. The number of carbonyl (C=O) groups excluding carboxylic acids is 1. The molecular weight excluding hydrogens is 339 g/mol. The van der Waals surface area contributed by atoms with E-state index in [1.807, 2.05) is 6.92 Å². The van der Waals surface area contributed by atoms with Crippen molar-refractivity contribution in [3.05, 3.63) is 24.0 Å². The maximum absolute atomic E-state index is 13.3. The predicted molar refractivity (Wildman–Crippen MR) is 81.9 cm³/mol. The quantitative estimate of drug-likeness (QED) is 0.819. The highest BCUT2D eigenvalue weighted by atomic mass is 19.3. The van der Waals surface area contributed by atoms with Gasteiger partial charge >= 0.3 is 6.61 Å². The van der Waals surface area contributed by atoms with Gasteiger partial charge in [-0.15, -0.1) is 0 Å². The molecule has 0 aromatic heterocycles. The van der Waals surface area contributed by atoms with Crippen LogP contribution in [0.2, 0.25) is 0 Å². The molecule has 5 nitrogen and oxygen atoms in total. The highest BCUT2D eigenvalue weighted by Gasteiger charge is 2.41. The summed E-state index contributed by atoms with van der Waals surface area (Å²) in [6, 6.07) is 3.07. The summed E-state index contributed by atoms with van der Waals surface area (Å²) >= 11 is 0. The van der Waals surface area contributed by atoms with E-state index in [0.29, 0.717) is 19.3 Å². The maximum Gasteiger partial charge on any atom is 0.387 e. The Morgan fingerprint density at radius 2 is 2.00 bits per heavy atom. The second-order valence-corrected chi connectivity index (χ2v) is 6.65. The first kappa shape index (κ1) is 17.8. The summed E-state index contributed by atoms with van der Waals surface area (Å²) in [7, 11) is 0. The lowest BCUT2D eigenvalue weighted by molar-refractivity contribution is -0.134. The second-order valence-electron chi connectivity index (χ2n) is 6.65. The smallest absolute Gasteiger partial charge is 0.387 e. The molecule has 8 heteroatoms. The highest BCUT2D eigenvalue weighted by Crippen LogP contribution is 2.37. The molecule has 1 unspecified atom stereocenters. The fourth-order valence-corrected chi connectivity index (χ4v) is 3.08. The van der Waals surface area contributed by atoms with E-state index in [1.165, 1.54) is 0 Å². The van der Waals surface area contributed by atoms with Crippen LogP contribution in [0.25, 0.3) is 0 Å².